The van der Waals surface area contributed by atoms with Gasteiger partial charge in [-0.25, -0.2) is 4.98 Å². The first-order chi connectivity index (χ1) is 10.3. The highest BCUT2D eigenvalue weighted by Gasteiger charge is 2.12. The van der Waals surface area contributed by atoms with Crippen molar-refractivity contribution in [2.75, 3.05) is 12.4 Å². The lowest BCUT2D eigenvalue weighted by molar-refractivity contribution is 0.298. The van der Waals surface area contributed by atoms with Gasteiger partial charge in [-0.1, -0.05) is 37.3 Å². The third-order valence-corrected chi connectivity index (χ3v) is 4.37. The summed E-state index contributed by atoms with van der Waals surface area (Å²) in [6.07, 6.45) is 0.994. The topological polar surface area (TPSA) is 47.0 Å². The van der Waals surface area contributed by atoms with Crippen molar-refractivity contribution in [3.05, 3.63) is 46.8 Å². The third-order valence-electron chi connectivity index (χ3n) is 3.20. The summed E-state index contributed by atoms with van der Waals surface area (Å²) in [5, 5.41) is 3.98. The van der Waals surface area contributed by atoms with Crippen molar-refractivity contribution in [1.29, 1.82) is 0 Å². The maximum atomic E-state index is 5.92. The van der Waals surface area contributed by atoms with Gasteiger partial charge in [-0.2, -0.15) is 4.98 Å². The van der Waals surface area contributed by atoms with E-state index in [0.717, 1.165) is 22.2 Å². The second kappa shape index (κ2) is 6.10. The number of thiophene rings is 1. The van der Waals surface area contributed by atoms with Crippen LogP contribution >= 0.6 is 11.3 Å². The number of benzene rings is 1. The van der Waals surface area contributed by atoms with Crippen LogP contribution in [0.2, 0.25) is 0 Å². The third kappa shape index (κ3) is 2.97. The maximum Gasteiger partial charge on any atom is 0.227 e. The Morgan fingerprint density at radius 3 is 2.71 bits per heavy atom. The highest BCUT2D eigenvalue weighted by atomic mass is 32.1. The molecule has 0 atom stereocenters. The number of nitrogens with zero attached hydrogens (tertiary/aromatic N) is 2. The average molecular weight is 299 g/mol. The smallest absolute Gasteiger partial charge is 0.227 e. The summed E-state index contributed by atoms with van der Waals surface area (Å²) in [5.41, 5.74) is 1.13. The molecule has 0 fully saturated rings. The fourth-order valence-corrected chi connectivity index (χ4v) is 3.02. The Kier molecular flexibility index (Phi) is 4.01. The highest BCUT2D eigenvalue weighted by Crippen LogP contribution is 2.32. The van der Waals surface area contributed by atoms with E-state index >= 15 is 0 Å². The molecule has 1 N–H and O–H groups in total. The molecular formula is C16H17N3OS. The molecule has 0 saturated heterocycles. The number of aryl methyl sites for hydroxylation is 1. The van der Waals surface area contributed by atoms with Crippen molar-refractivity contribution in [1.82, 2.24) is 9.97 Å². The Labute approximate surface area is 127 Å². The Balaban J connectivity index is 1.94. The second-order valence-corrected chi connectivity index (χ2v) is 5.78. The summed E-state index contributed by atoms with van der Waals surface area (Å²) in [7, 11) is 1.82. The van der Waals surface area contributed by atoms with Gasteiger partial charge in [0.15, 0.2) is 0 Å². The molecule has 2 heterocycles. The van der Waals surface area contributed by atoms with Crippen molar-refractivity contribution in [2.45, 2.75) is 20.0 Å². The molecule has 21 heavy (non-hydrogen) atoms. The van der Waals surface area contributed by atoms with E-state index < -0.39 is 0 Å². The molecule has 3 aromatic rings. The van der Waals surface area contributed by atoms with Crippen LogP contribution in [0.25, 0.3) is 10.2 Å². The molecule has 0 radical (unpaired) electrons. The van der Waals surface area contributed by atoms with E-state index in [-0.39, 0.29) is 0 Å². The van der Waals surface area contributed by atoms with Crippen molar-refractivity contribution in [2.24, 2.45) is 0 Å². The van der Waals surface area contributed by atoms with Crippen molar-refractivity contribution in [3.8, 4) is 5.88 Å². The molecule has 0 aliphatic rings. The van der Waals surface area contributed by atoms with E-state index in [2.05, 4.69) is 28.3 Å². The van der Waals surface area contributed by atoms with E-state index in [9.17, 15) is 0 Å². The zero-order valence-electron chi connectivity index (χ0n) is 12.1. The number of anilines is 1. The minimum Gasteiger partial charge on any atom is -0.472 e. The molecule has 0 unspecified atom stereocenters. The molecule has 0 aliphatic heterocycles. The van der Waals surface area contributed by atoms with Gasteiger partial charge >= 0.3 is 0 Å². The molecule has 4 nitrogen and oxygen atoms in total. The van der Waals surface area contributed by atoms with Gasteiger partial charge < -0.3 is 10.1 Å². The molecule has 108 valence electrons. The molecule has 5 heteroatoms. The maximum absolute atomic E-state index is 5.92. The number of rotatable bonds is 5. The van der Waals surface area contributed by atoms with E-state index in [1.165, 1.54) is 4.88 Å². The fraction of sp³-hybridized carbons (Fsp3) is 0.250. The standard InChI is InChI=1S/C16H17N3OS/c1-3-12-9-13-14(18-16(17-2)19-15(13)21-12)20-10-11-7-5-4-6-8-11/h4-9H,3,10H2,1-2H3,(H,17,18,19). The number of hydrogen-bond donors (Lipinski definition) is 1. The van der Waals surface area contributed by atoms with E-state index in [4.69, 9.17) is 4.74 Å². The average Bonchev–Trinajstić information content (AvgIpc) is 2.96. The fourth-order valence-electron chi connectivity index (χ4n) is 2.07. The number of nitrogens with one attached hydrogen (secondary N) is 1. The van der Waals surface area contributed by atoms with E-state index in [1.807, 2.05) is 37.4 Å². The minimum absolute atomic E-state index is 0.507. The van der Waals surface area contributed by atoms with Gasteiger partial charge in [0.1, 0.15) is 11.4 Å². The molecule has 0 saturated carbocycles. The van der Waals surface area contributed by atoms with Gasteiger partial charge in [0.2, 0.25) is 11.8 Å². The summed E-state index contributed by atoms with van der Waals surface area (Å²) in [4.78, 5) is 11.2. The van der Waals surface area contributed by atoms with Gasteiger partial charge in [0.25, 0.3) is 0 Å². The summed E-state index contributed by atoms with van der Waals surface area (Å²) in [6.45, 7) is 2.65. The van der Waals surface area contributed by atoms with Crippen LogP contribution in [0.4, 0.5) is 5.95 Å². The van der Waals surface area contributed by atoms with E-state index in [0.29, 0.717) is 18.4 Å². The quantitative estimate of drug-likeness (QED) is 0.777. The summed E-state index contributed by atoms with van der Waals surface area (Å²) in [5.74, 6) is 1.24. The Morgan fingerprint density at radius 1 is 1.19 bits per heavy atom. The molecule has 0 spiro atoms. The molecule has 0 bridgehead atoms. The number of aromatic nitrogens is 2. The van der Waals surface area contributed by atoms with Crippen molar-refractivity contribution < 1.29 is 4.74 Å². The lowest BCUT2D eigenvalue weighted by atomic mass is 10.2. The van der Waals surface area contributed by atoms with Gasteiger partial charge in [-0.15, -0.1) is 11.3 Å². The van der Waals surface area contributed by atoms with Crippen molar-refractivity contribution in [3.63, 3.8) is 0 Å². The second-order valence-electron chi connectivity index (χ2n) is 4.66. The van der Waals surface area contributed by atoms with Gasteiger partial charge in [0, 0.05) is 11.9 Å². The van der Waals surface area contributed by atoms with Crippen LogP contribution in [0.15, 0.2) is 36.4 Å². The molecule has 2 aromatic heterocycles. The molecule has 3 rings (SSSR count). The molecule has 1 aromatic carbocycles. The van der Waals surface area contributed by atoms with E-state index in [1.54, 1.807) is 11.3 Å². The Bertz CT molecular complexity index is 740. The highest BCUT2D eigenvalue weighted by molar-refractivity contribution is 7.18. The van der Waals surface area contributed by atoms with Gasteiger partial charge in [0.05, 0.1) is 5.39 Å². The van der Waals surface area contributed by atoms with Crippen LogP contribution in [-0.2, 0) is 13.0 Å². The van der Waals surface area contributed by atoms with Crippen LogP contribution in [0.5, 0.6) is 5.88 Å². The number of fused-ring (bicyclic) bond motifs is 1. The minimum atomic E-state index is 0.507. The largest absolute Gasteiger partial charge is 0.472 e. The lowest BCUT2D eigenvalue weighted by Gasteiger charge is -2.08. The zero-order valence-corrected chi connectivity index (χ0v) is 12.9. The predicted molar refractivity (Wildman–Crippen MR) is 87.1 cm³/mol. The first-order valence-corrected chi connectivity index (χ1v) is 7.76. The SMILES string of the molecule is CCc1cc2c(OCc3ccccc3)nc(NC)nc2s1. The van der Waals surface area contributed by atoms with Crippen LogP contribution in [0.1, 0.15) is 17.4 Å². The number of ether oxygens (including phenoxy) is 1. The van der Waals surface area contributed by atoms with Crippen molar-refractivity contribution >= 4 is 27.5 Å². The van der Waals surface area contributed by atoms with Crippen LogP contribution in [-0.4, -0.2) is 17.0 Å². The van der Waals surface area contributed by atoms with Crippen LogP contribution in [0, 0.1) is 0 Å². The zero-order chi connectivity index (χ0) is 14.7. The first kappa shape index (κ1) is 13.8. The molecule has 0 aliphatic carbocycles. The van der Waals surface area contributed by atoms with Gasteiger partial charge in [-0.3, -0.25) is 0 Å². The molecular weight excluding hydrogens is 282 g/mol. The summed E-state index contributed by atoms with van der Waals surface area (Å²) >= 11 is 1.69. The number of hydrogen-bond acceptors (Lipinski definition) is 5. The lowest BCUT2D eigenvalue weighted by Crippen LogP contribution is -2.01. The van der Waals surface area contributed by atoms with Gasteiger partial charge in [-0.05, 0) is 18.1 Å². The Morgan fingerprint density at radius 2 is 2.00 bits per heavy atom. The van der Waals surface area contributed by atoms with Crippen LogP contribution < -0.4 is 10.1 Å². The predicted octanol–water partition coefficient (Wildman–Crippen LogP) is 3.87. The normalized spacial score (nSPS) is 10.8. The monoisotopic (exact) mass is 299 g/mol. The summed E-state index contributed by atoms with van der Waals surface area (Å²) in [6, 6.07) is 12.2. The van der Waals surface area contributed by atoms with Crippen LogP contribution in [0.3, 0.4) is 0 Å². The molecule has 0 amide bonds. The summed E-state index contributed by atoms with van der Waals surface area (Å²) < 4.78 is 5.92. The Hall–Kier alpha value is -2.14. The first-order valence-electron chi connectivity index (χ1n) is 6.95.